The van der Waals surface area contributed by atoms with Gasteiger partial charge < -0.3 is 15.4 Å². The van der Waals surface area contributed by atoms with E-state index in [2.05, 4.69) is 25.6 Å². The molecule has 208 valence electrons. The predicted octanol–water partition coefficient (Wildman–Crippen LogP) is 4.85. The molecule has 3 heterocycles. The number of anilines is 2. The zero-order valence-electron chi connectivity index (χ0n) is 20.7. The van der Waals surface area contributed by atoms with Gasteiger partial charge in [-0.2, -0.15) is 4.39 Å². The van der Waals surface area contributed by atoms with E-state index in [1.165, 1.54) is 6.20 Å². The molecule has 1 fully saturated rings. The molecule has 2 aromatic heterocycles. The summed E-state index contributed by atoms with van der Waals surface area (Å²) in [5.41, 5.74) is -0.0103. The molecule has 1 saturated heterocycles. The first-order valence-corrected chi connectivity index (χ1v) is 13.6. The molecule has 1 aliphatic rings. The van der Waals surface area contributed by atoms with Gasteiger partial charge >= 0.3 is 0 Å². The van der Waals surface area contributed by atoms with Crippen LogP contribution in [0.1, 0.15) is 12.8 Å². The molecule has 0 amide bonds. The van der Waals surface area contributed by atoms with Crippen LogP contribution in [0.5, 0.6) is 11.6 Å². The summed E-state index contributed by atoms with van der Waals surface area (Å²) in [6, 6.07) is 8.47. The molecule has 14 heteroatoms. The van der Waals surface area contributed by atoms with Crippen molar-refractivity contribution in [3.8, 4) is 22.9 Å². The topological polar surface area (TPSA) is 118 Å². The first kappa shape index (κ1) is 27.3. The highest BCUT2D eigenvalue weighted by molar-refractivity contribution is 7.92. The van der Waals surface area contributed by atoms with Gasteiger partial charge in [0.2, 0.25) is 17.6 Å². The summed E-state index contributed by atoms with van der Waals surface area (Å²) in [7, 11) is -4.64. The van der Waals surface area contributed by atoms with Crippen molar-refractivity contribution in [1.29, 1.82) is 0 Å². The van der Waals surface area contributed by atoms with Crippen molar-refractivity contribution in [3.05, 3.63) is 84.2 Å². The van der Waals surface area contributed by atoms with Crippen LogP contribution in [-0.2, 0) is 10.0 Å². The monoisotopic (exact) mass is 574 g/mol. The molecule has 40 heavy (non-hydrogen) atoms. The molecule has 5 rings (SSSR count). The van der Waals surface area contributed by atoms with Gasteiger partial charge in [-0.3, -0.25) is 4.72 Å². The number of hydrogen-bond donors (Lipinski definition) is 3. The highest BCUT2D eigenvalue weighted by Gasteiger charge is 2.23. The van der Waals surface area contributed by atoms with Crippen molar-refractivity contribution in [3.63, 3.8) is 0 Å². The Morgan fingerprint density at radius 3 is 2.50 bits per heavy atom. The third-order valence-electron chi connectivity index (χ3n) is 5.98. The molecule has 2 aromatic carbocycles. The summed E-state index contributed by atoms with van der Waals surface area (Å²) in [6.07, 6.45) is 4.91. The first-order chi connectivity index (χ1) is 19.2. The van der Waals surface area contributed by atoms with Crippen molar-refractivity contribution in [2.24, 2.45) is 0 Å². The molecule has 4 aromatic rings. The number of rotatable bonds is 8. The Morgan fingerprint density at radius 2 is 1.75 bits per heavy atom. The molecule has 0 saturated carbocycles. The minimum absolute atomic E-state index is 0.0895. The zero-order valence-corrected chi connectivity index (χ0v) is 21.5. The first-order valence-electron chi connectivity index (χ1n) is 12.1. The van der Waals surface area contributed by atoms with Crippen molar-refractivity contribution in [2.45, 2.75) is 23.8 Å². The number of nitrogens with zero attached hydrogens (tertiary/aromatic N) is 3. The Labute approximate surface area is 226 Å². The molecule has 0 radical (unpaired) electrons. The Morgan fingerprint density at radius 1 is 0.950 bits per heavy atom. The number of benzene rings is 2. The standard InChI is InChI=1S/C26H22F4N6O3S/c27-15-11-16(28)13-18(12-15)40(37,38)36-21-5-6-22(24(30)23(21)29)39-25-19(4-2-9-32-25)20-7-10-33-26(35-20)34-17-3-1-8-31-14-17/h2,4-7,9-13,17,31,36H,1,3,8,14H2,(H,33,34,35). The lowest BCUT2D eigenvalue weighted by Gasteiger charge is -2.23. The molecule has 1 aliphatic heterocycles. The minimum atomic E-state index is -4.64. The van der Waals surface area contributed by atoms with Gasteiger partial charge in [-0.05, 0) is 61.9 Å². The van der Waals surface area contributed by atoms with Crippen LogP contribution in [0, 0.1) is 23.3 Å². The highest BCUT2D eigenvalue weighted by atomic mass is 32.2. The number of aromatic nitrogens is 3. The molecule has 9 nitrogen and oxygen atoms in total. The zero-order chi connectivity index (χ0) is 28.3. The summed E-state index contributed by atoms with van der Waals surface area (Å²) in [6.45, 7) is 1.72. The maximum Gasteiger partial charge on any atom is 0.262 e. The summed E-state index contributed by atoms with van der Waals surface area (Å²) < 4.78 is 89.2. The van der Waals surface area contributed by atoms with Crippen molar-refractivity contribution >= 4 is 21.7 Å². The summed E-state index contributed by atoms with van der Waals surface area (Å²) in [5, 5.41) is 6.56. The maximum atomic E-state index is 15.0. The van der Waals surface area contributed by atoms with Crippen LogP contribution in [0.4, 0.5) is 29.2 Å². The van der Waals surface area contributed by atoms with E-state index in [1.54, 1.807) is 29.1 Å². The Hall–Kier alpha value is -4.30. The number of nitrogens with one attached hydrogen (secondary N) is 3. The van der Waals surface area contributed by atoms with Gasteiger partial charge in [-0.1, -0.05) is 0 Å². The molecule has 1 atom stereocenters. The Bertz CT molecular complexity index is 1630. The normalized spacial score (nSPS) is 15.4. The number of hydrogen-bond acceptors (Lipinski definition) is 8. The van der Waals surface area contributed by atoms with Crippen LogP contribution in [0.25, 0.3) is 11.3 Å². The van der Waals surface area contributed by atoms with E-state index >= 15 is 0 Å². The quantitative estimate of drug-likeness (QED) is 0.256. The van der Waals surface area contributed by atoms with Gasteiger partial charge in [0.15, 0.2) is 11.6 Å². The summed E-state index contributed by atoms with van der Waals surface area (Å²) in [5.74, 6) is -5.71. The molecule has 0 aliphatic carbocycles. The second kappa shape index (κ2) is 11.4. The molecular weight excluding hydrogens is 552 g/mol. The fourth-order valence-corrected chi connectivity index (χ4v) is 5.18. The fourth-order valence-electron chi connectivity index (χ4n) is 4.08. The molecule has 0 bridgehead atoms. The van der Waals surface area contributed by atoms with Crippen molar-refractivity contribution < 1.29 is 30.7 Å². The number of piperidine rings is 1. The molecular formula is C26H22F4N6O3S. The second-order valence-corrected chi connectivity index (χ2v) is 10.5. The Balaban J connectivity index is 1.38. The summed E-state index contributed by atoms with van der Waals surface area (Å²) >= 11 is 0. The van der Waals surface area contributed by atoms with Crippen LogP contribution in [0.15, 0.2) is 65.8 Å². The SMILES string of the molecule is O=S(=O)(Nc1ccc(Oc2ncccc2-c2ccnc(NC3CCCNC3)n2)c(F)c1F)c1cc(F)cc(F)c1. The Kier molecular flexibility index (Phi) is 7.80. The number of sulfonamides is 1. The van der Waals surface area contributed by atoms with E-state index in [0.717, 1.165) is 38.1 Å². The van der Waals surface area contributed by atoms with Gasteiger partial charge in [0.25, 0.3) is 10.0 Å². The average molecular weight is 575 g/mol. The van der Waals surface area contributed by atoms with E-state index in [0.29, 0.717) is 35.4 Å². The fraction of sp³-hybridized carbons (Fsp3) is 0.192. The predicted molar refractivity (Wildman–Crippen MR) is 138 cm³/mol. The van der Waals surface area contributed by atoms with Gasteiger partial charge in [-0.25, -0.2) is 36.5 Å². The smallest absolute Gasteiger partial charge is 0.262 e. The third kappa shape index (κ3) is 6.13. The van der Waals surface area contributed by atoms with Gasteiger partial charge in [0.1, 0.15) is 11.6 Å². The minimum Gasteiger partial charge on any atom is -0.435 e. The van der Waals surface area contributed by atoms with E-state index in [1.807, 2.05) is 0 Å². The van der Waals surface area contributed by atoms with E-state index < -0.39 is 49.6 Å². The molecule has 1 unspecified atom stereocenters. The van der Waals surface area contributed by atoms with Crippen LogP contribution in [0.3, 0.4) is 0 Å². The lowest BCUT2D eigenvalue weighted by molar-refractivity contribution is 0.407. The van der Waals surface area contributed by atoms with E-state index in [-0.39, 0.29) is 11.9 Å². The maximum absolute atomic E-state index is 15.0. The van der Waals surface area contributed by atoms with Crippen LogP contribution >= 0.6 is 0 Å². The van der Waals surface area contributed by atoms with Crippen LogP contribution in [-0.4, -0.2) is 42.5 Å². The summed E-state index contributed by atoms with van der Waals surface area (Å²) in [4.78, 5) is 12.1. The largest absolute Gasteiger partial charge is 0.435 e. The van der Waals surface area contributed by atoms with Crippen LogP contribution < -0.4 is 20.1 Å². The molecule has 0 spiro atoms. The number of ether oxygens (including phenoxy) is 1. The van der Waals surface area contributed by atoms with Crippen LogP contribution in [0.2, 0.25) is 0 Å². The third-order valence-corrected chi connectivity index (χ3v) is 7.32. The molecule has 3 N–H and O–H groups in total. The number of pyridine rings is 1. The van der Waals surface area contributed by atoms with Crippen molar-refractivity contribution in [2.75, 3.05) is 23.1 Å². The van der Waals surface area contributed by atoms with Gasteiger partial charge in [-0.15, -0.1) is 0 Å². The lowest BCUT2D eigenvalue weighted by atomic mass is 10.1. The van der Waals surface area contributed by atoms with E-state index in [4.69, 9.17) is 4.74 Å². The lowest BCUT2D eigenvalue weighted by Crippen LogP contribution is -2.38. The van der Waals surface area contributed by atoms with Crippen molar-refractivity contribution in [1.82, 2.24) is 20.3 Å². The average Bonchev–Trinajstić information content (AvgIpc) is 2.93. The van der Waals surface area contributed by atoms with E-state index in [9.17, 15) is 26.0 Å². The second-order valence-electron chi connectivity index (χ2n) is 8.86. The highest BCUT2D eigenvalue weighted by Crippen LogP contribution is 2.34. The van der Waals surface area contributed by atoms with Gasteiger partial charge in [0.05, 0.1) is 21.8 Å². The van der Waals surface area contributed by atoms with Gasteiger partial charge in [0, 0.05) is 31.0 Å². The number of halogens is 4.